The number of carbonyl (C=O) groups excluding carboxylic acids is 2. The molecule has 0 unspecified atom stereocenters. The van der Waals surface area contributed by atoms with Gasteiger partial charge in [-0.2, -0.15) is 0 Å². The van der Waals surface area contributed by atoms with Gasteiger partial charge >= 0.3 is 0 Å². The lowest BCUT2D eigenvalue weighted by Crippen LogP contribution is -2.60. The number of Topliss-reactive ketones (excluding diaryl/α,β-unsaturated/α-hetero) is 2. The van der Waals surface area contributed by atoms with Gasteiger partial charge in [0.25, 0.3) is 0 Å². The SMILES string of the molecule is CC1=C[C@]2(c3ccccc3)c3ccccc3[C@@]3(C)C(=O)[C@@H](c4ccccc4)[C@]2(C)[C@H]3C1=O. The Labute approximate surface area is 189 Å². The second-order valence-electron chi connectivity index (χ2n) is 10.0. The number of benzene rings is 3. The second-order valence-corrected chi connectivity index (χ2v) is 10.0. The van der Waals surface area contributed by atoms with Crippen LogP contribution in [0.5, 0.6) is 0 Å². The molecular formula is C30H26O2. The average Bonchev–Trinajstić information content (AvgIpc) is 2.98. The van der Waals surface area contributed by atoms with E-state index in [0.29, 0.717) is 0 Å². The van der Waals surface area contributed by atoms with E-state index in [1.54, 1.807) is 0 Å². The second kappa shape index (κ2) is 6.16. The van der Waals surface area contributed by atoms with Gasteiger partial charge in [0.2, 0.25) is 0 Å². The number of ketones is 2. The summed E-state index contributed by atoms with van der Waals surface area (Å²) in [7, 11) is 0. The molecule has 2 nitrogen and oxygen atoms in total. The molecule has 5 atom stereocenters. The summed E-state index contributed by atoms with van der Waals surface area (Å²) in [5.41, 5.74) is 3.03. The van der Waals surface area contributed by atoms with Crippen molar-refractivity contribution in [2.75, 3.05) is 0 Å². The van der Waals surface area contributed by atoms with Gasteiger partial charge in [0.1, 0.15) is 0 Å². The highest BCUT2D eigenvalue weighted by Gasteiger charge is 2.77. The molecular weight excluding hydrogens is 392 g/mol. The lowest BCUT2D eigenvalue weighted by molar-refractivity contribution is -0.130. The van der Waals surface area contributed by atoms with Gasteiger partial charge < -0.3 is 0 Å². The number of hydrogen-bond acceptors (Lipinski definition) is 2. The fraction of sp³-hybridized carbons (Fsp3) is 0.267. The molecule has 0 radical (unpaired) electrons. The van der Waals surface area contributed by atoms with Crippen molar-refractivity contribution < 1.29 is 9.59 Å². The molecule has 4 bridgehead atoms. The molecule has 3 aliphatic rings. The minimum atomic E-state index is -0.850. The summed E-state index contributed by atoms with van der Waals surface area (Å²) in [5.74, 6) is -0.506. The van der Waals surface area contributed by atoms with E-state index in [0.717, 1.165) is 27.8 Å². The Hall–Kier alpha value is -3.26. The maximum absolute atomic E-state index is 14.5. The Morgan fingerprint density at radius 3 is 1.94 bits per heavy atom. The van der Waals surface area contributed by atoms with Crippen LogP contribution in [0.15, 0.2) is 96.6 Å². The van der Waals surface area contributed by atoms with Gasteiger partial charge in [-0.1, -0.05) is 97.9 Å². The third-order valence-corrected chi connectivity index (χ3v) is 8.76. The summed E-state index contributed by atoms with van der Waals surface area (Å²) >= 11 is 0. The molecule has 32 heavy (non-hydrogen) atoms. The maximum Gasteiger partial charge on any atom is 0.163 e. The molecule has 0 amide bonds. The van der Waals surface area contributed by atoms with E-state index in [1.807, 2.05) is 44.2 Å². The van der Waals surface area contributed by atoms with Crippen molar-refractivity contribution in [1.29, 1.82) is 0 Å². The number of carbonyl (C=O) groups is 2. The van der Waals surface area contributed by atoms with E-state index in [9.17, 15) is 9.59 Å². The Balaban J connectivity index is 1.84. The molecule has 3 aromatic rings. The first-order valence-corrected chi connectivity index (χ1v) is 11.4. The average molecular weight is 419 g/mol. The molecule has 0 aliphatic heterocycles. The number of rotatable bonds is 2. The standard InChI is InChI=1S/C30H26O2/c1-19-18-30(21-14-8-5-9-15-21)23-17-11-10-16-22(23)28(2)26(25(19)31)29(30,3)24(27(28)32)20-12-6-4-7-13-20/h4-18,24,26H,1-3H3/t24-,26+,28-,29-,30+/m1/s1. The van der Waals surface area contributed by atoms with E-state index >= 15 is 0 Å². The summed E-state index contributed by atoms with van der Waals surface area (Å²) in [6.45, 7) is 6.14. The summed E-state index contributed by atoms with van der Waals surface area (Å²) in [6.07, 6.45) is 2.17. The maximum atomic E-state index is 14.5. The van der Waals surface area contributed by atoms with Crippen LogP contribution in [0.4, 0.5) is 0 Å². The highest BCUT2D eigenvalue weighted by molar-refractivity contribution is 6.12. The number of fused-ring (bicyclic) bond motifs is 3. The van der Waals surface area contributed by atoms with Crippen LogP contribution < -0.4 is 0 Å². The fourth-order valence-electron chi connectivity index (χ4n) is 7.58. The van der Waals surface area contributed by atoms with Crippen molar-refractivity contribution in [3.63, 3.8) is 0 Å². The van der Waals surface area contributed by atoms with Crippen LogP contribution in [0.25, 0.3) is 0 Å². The fourth-order valence-corrected chi connectivity index (χ4v) is 7.58. The van der Waals surface area contributed by atoms with Crippen molar-refractivity contribution in [2.24, 2.45) is 11.3 Å². The molecule has 3 aromatic carbocycles. The lowest BCUT2D eigenvalue weighted by Gasteiger charge is -2.59. The zero-order valence-electron chi connectivity index (χ0n) is 18.6. The first-order valence-electron chi connectivity index (χ1n) is 11.4. The minimum absolute atomic E-state index is 0.114. The van der Waals surface area contributed by atoms with Gasteiger partial charge in [0.15, 0.2) is 11.6 Å². The Morgan fingerprint density at radius 2 is 1.28 bits per heavy atom. The molecule has 2 heteroatoms. The van der Waals surface area contributed by atoms with E-state index < -0.39 is 22.2 Å². The monoisotopic (exact) mass is 418 g/mol. The van der Waals surface area contributed by atoms with Gasteiger partial charge in [0, 0.05) is 16.7 Å². The zero-order valence-corrected chi connectivity index (χ0v) is 18.6. The van der Waals surface area contributed by atoms with Crippen LogP contribution in [0.2, 0.25) is 0 Å². The van der Waals surface area contributed by atoms with E-state index in [4.69, 9.17) is 0 Å². The topological polar surface area (TPSA) is 34.1 Å². The van der Waals surface area contributed by atoms with E-state index in [1.165, 1.54) is 0 Å². The first kappa shape index (κ1) is 19.4. The van der Waals surface area contributed by atoms with Crippen molar-refractivity contribution in [3.05, 3.63) is 119 Å². The number of hydrogen-bond donors (Lipinski definition) is 0. The first-order chi connectivity index (χ1) is 15.4. The molecule has 0 aromatic heterocycles. The summed E-state index contributed by atoms with van der Waals surface area (Å²) in [4.78, 5) is 28.4. The molecule has 1 saturated carbocycles. The van der Waals surface area contributed by atoms with Gasteiger partial charge in [-0.3, -0.25) is 9.59 Å². The van der Waals surface area contributed by atoms with Crippen molar-refractivity contribution >= 4 is 11.6 Å². The molecule has 3 aliphatic carbocycles. The van der Waals surface area contributed by atoms with Crippen LogP contribution in [0.1, 0.15) is 48.9 Å². The molecule has 158 valence electrons. The predicted molar refractivity (Wildman–Crippen MR) is 126 cm³/mol. The van der Waals surface area contributed by atoms with Crippen LogP contribution in [-0.4, -0.2) is 11.6 Å². The highest BCUT2D eigenvalue weighted by atomic mass is 16.1. The molecule has 0 saturated heterocycles. The van der Waals surface area contributed by atoms with Crippen molar-refractivity contribution in [1.82, 2.24) is 0 Å². The Morgan fingerprint density at radius 1 is 0.719 bits per heavy atom. The van der Waals surface area contributed by atoms with Crippen molar-refractivity contribution in [3.8, 4) is 0 Å². The molecule has 6 rings (SSSR count). The van der Waals surface area contributed by atoms with E-state index in [2.05, 4.69) is 67.6 Å². The smallest absolute Gasteiger partial charge is 0.163 e. The van der Waals surface area contributed by atoms with Gasteiger partial charge in [0.05, 0.1) is 11.3 Å². The molecule has 0 heterocycles. The van der Waals surface area contributed by atoms with E-state index in [-0.39, 0.29) is 17.5 Å². The van der Waals surface area contributed by atoms with Crippen LogP contribution in [0.3, 0.4) is 0 Å². The van der Waals surface area contributed by atoms with Crippen LogP contribution in [-0.2, 0) is 20.4 Å². The third kappa shape index (κ3) is 1.93. The predicted octanol–water partition coefficient (Wildman–Crippen LogP) is 5.76. The Kier molecular flexibility index (Phi) is 3.74. The summed E-state index contributed by atoms with van der Waals surface area (Å²) in [6, 6.07) is 28.9. The van der Waals surface area contributed by atoms with Crippen molar-refractivity contribution in [2.45, 2.75) is 37.5 Å². The van der Waals surface area contributed by atoms with Crippen LogP contribution in [0, 0.1) is 11.3 Å². The number of allylic oxidation sites excluding steroid dienone is 2. The minimum Gasteiger partial charge on any atom is -0.298 e. The molecule has 0 spiro atoms. The van der Waals surface area contributed by atoms with Crippen LogP contribution >= 0.6 is 0 Å². The van der Waals surface area contributed by atoms with Gasteiger partial charge in [-0.05, 0) is 41.7 Å². The lowest BCUT2D eigenvalue weighted by atomic mass is 9.41. The molecule has 0 N–H and O–H groups in total. The zero-order chi connectivity index (χ0) is 22.3. The summed E-state index contributed by atoms with van der Waals surface area (Å²) in [5, 5.41) is 0. The largest absolute Gasteiger partial charge is 0.298 e. The third-order valence-electron chi connectivity index (χ3n) is 8.76. The van der Waals surface area contributed by atoms with Gasteiger partial charge in [-0.15, -0.1) is 0 Å². The highest BCUT2D eigenvalue weighted by Crippen LogP contribution is 2.75. The summed E-state index contributed by atoms with van der Waals surface area (Å²) < 4.78 is 0. The quantitative estimate of drug-likeness (QED) is 0.530. The molecule has 1 fully saturated rings. The normalized spacial score (nSPS) is 34.8. The Bertz CT molecular complexity index is 1300. The van der Waals surface area contributed by atoms with Gasteiger partial charge in [-0.25, -0.2) is 0 Å².